The number of hydrogen-bond acceptors (Lipinski definition) is 9. The Bertz CT molecular complexity index is 1260. The van der Waals surface area contributed by atoms with Gasteiger partial charge in [-0.2, -0.15) is 15.0 Å². The molecule has 0 bridgehead atoms. The van der Waals surface area contributed by atoms with Crippen molar-refractivity contribution in [1.82, 2.24) is 15.0 Å². The summed E-state index contributed by atoms with van der Waals surface area (Å²) >= 11 is 0. The normalized spacial score (nSPS) is 12.1. The number of nitrogens with zero attached hydrogens (tertiary/aromatic N) is 3. The van der Waals surface area contributed by atoms with Crippen molar-refractivity contribution in [3.05, 3.63) is 72.3 Å². The zero-order valence-corrected chi connectivity index (χ0v) is 17.2. The summed E-state index contributed by atoms with van der Waals surface area (Å²) in [7, 11) is 0. The Hall–Kier alpha value is -4.86. The van der Waals surface area contributed by atoms with Crippen molar-refractivity contribution in [2.24, 2.45) is 0 Å². The lowest BCUT2D eigenvalue weighted by molar-refractivity contribution is -0.115. The minimum Gasteiger partial charge on any atom is -0.508 e. The van der Waals surface area contributed by atoms with Crippen molar-refractivity contribution in [3.8, 4) is 11.5 Å². The van der Waals surface area contributed by atoms with Crippen LogP contribution >= 0.6 is 0 Å². The number of hydrogen-bond donors (Lipinski definition) is 6. The third-order valence-electron chi connectivity index (χ3n) is 4.87. The highest BCUT2D eigenvalue weighted by molar-refractivity contribution is 5.99. The molecule has 0 spiro atoms. The first-order chi connectivity index (χ1) is 16.0. The van der Waals surface area contributed by atoms with E-state index >= 15 is 0 Å². The summed E-state index contributed by atoms with van der Waals surface area (Å²) in [5, 5.41) is 31.2. The average molecular weight is 441 g/mol. The van der Waals surface area contributed by atoms with E-state index in [4.69, 9.17) is 0 Å². The van der Waals surface area contributed by atoms with Crippen LogP contribution in [0.4, 0.5) is 40.6 Å². The first-order valence-corrected chi connectivity index (χ1v) is 10.1. The Kier molecular flexibility index (Phi) is 5.07. The van der Waals surface area contributed by atoms with Crippen LogP contribution in [0.25, 0.3) is 0 Å². The second-order valence-electron chi connectivity index (χ2n) is 7.37. The molecule has 1 aliphatic rings. The fourth-order valence-electron chi connectivity index (χ4n) is 3.31. The van der Waals surface area contributed by atoms with Crippen molar-refractivity contribution in [3.63, 3.8) is 0 Å². The van der Waals surface area contributed by atoms with Gasteiger partial charge in [0.15, 0.2) is 0 Å². The lowest BCUT2D eigenvalue weighted by atomic mass is 10.1. The molecule has 33 heavy (non-hydrogen) atoms. The number of fused-ring (bicyclic) bond motifs is 1. The summed E-state index contributed by atoms with van der Waals surface area (Å²) in [5.41, 5.74) is 3.75. The molecule has 0 atom stereocenters. The standard InChI is InChI=1S/C23H19N7O3/c31-17-7-3-14(4-8-17)24-21-28-22(25-15-5-9-18(32)10-6-15)30-23(29-21)26-16-2-1-13-11-20(33)27-19(13)12-16/h1-10,12,31-32H,11H2,(H,27,33)(H3,24,25,26,28,29,30). The van der Waals surface area contributed by atoms with Gasteiger partial charge in [-0.3, -0.25) is 4.79 Å². The summed E-state index contributed by atoms with van der Waals surface area (Å²) < 4.78 is 0. The SMILES string of the molecule is O=C1Cc2ccc(Nc3nc(Nc4ccc(O)cc4)nc(Nc4ccc(O)cc4)n3)cc2N1. The number of phenols is 2. The Morgan fingerprint density at radius 2 is 1.12 bits per heavy atom. The Morgan fingerprint density at radius 1 is 0.667 bits per heavy atom. The molecular weight excluding hydrogens is 422 g/mol. The van der Waals surface area contributed by atoms with Gasteiger partial charge in [0.2, 0.25) is 23.8 Å². The second-order valence-corrected chi connectivity index (χ2v) is 7.37. The van der Waals surface area contributed by atoms with Crippen LogP contribution in [0.1, 0.15) is 5.56 Å². The van der Waals surface area contributed by atoms with Crippen molar-refractivity contribution in [2.45, 2.75) is 6.42 Å². The topological polar surface area (TPSA) is 144 Å². The van der Waals surface area contributed by atoms with Crippen LogP contribution < -0.4 is 21.3 Å². The summed E-state index contributed by atoms with van der Waals surface area (Å²) in [6.07, 6.45) is 0.364. The molecule has 1 aromatic heterocycles. The third kappa shape index (κ3) is 4.74. The summed E-state index contributed by atoms with van der Waals surface area (Å²) in [6.45, 7) is 0. The van der Waals surface area contributed by atoms with Crippen LogP contribution in [0.15, 0.2) is 66.7 Å². The molecule has 0 unspecified atom stereocenters. The van der Waals surface area contributed by atoms with E-state index < -0.39 is 0 Å². The molecule has 6 N–H and O–H groups in total. The molecule has 0 saturated carbocycles. The van der Waals surface area contributed by atoms with E-state index in [0.29, 0.717) is 23.5 Å². The zero-order chi connectivity index (χ0) is 22.8. The molecule has 0 saturated heterocycles. The van der Waals surface area contributed by atoms with E-state index in [2.05, 4.69) is 36.2 Å². The highest BCUT2D eigenvalue weighted by atomic mass is 16.3. The fraction of sp³-hybridized carbons (Fsp3) is 0.0435. The zero-order valence-electron chi connectivity index (χ0n) is 17.2. The van der Waals surface area contributed by atoms with E-state index in [1.807, 2.05) is 18.2 Å². The third-order valence-corrected chi connectivity index (χ3v) is 4.87. The Morgan fingerprint density at radius 3 is 1.64 bits per heavy atom. The fourth-order valence-corrected chi connectivity index (χ4v) is 3.31. The number of anilines is 7. The van der Waals surface area contributed by atoms with Crippen LogP contribution in [0.3, 0.4) is 0 Å². The molecule has 10 nitrogen and oxygen atoms in total. The molecule has 5 rings (SSSR count). The number of amides is 1. The van der Waals surface area contributed by atoms with Gasteiger partial charge in [0, 0.05) is 22.7 Å². The van der Waals surface area contributed by atoms with Gasteiger partial charge >= 0.3 is 0 Å². The van der Waals surface area contributed by atoms with Gasteiger partial charge in [-0.25, -0.2) is 0 Å². The first kappa shape index (κ1) is 20.1. The lowest BCUT2D eigenvalue weighted by Crippen LogP contribution is -2.07. The second kappa shape index (κ2) is 8.35. The largest absolute Gasteiger partial charge is 0.508 e. The molecule has 1 aliphatic heterocycles. The summed E-state index contributed by atoms with van der Waals surface area (Å²) in [5.74, 6) is 1.08. The molecule has 4 aromatic rings. The van der Waals surface area contributed by atoms with Crippen LogP contribution in [-0.4, -0.2) is 31.1 Å². The summed E-state index contributed by atoms with van der Waals surface area (Å²) in [4.78, 5) is 24.9. The van der Waals surface area contributed by atoms with Crippen LogP contribution in [-0.2, 0) is 11.2 Å². The number of phenolic OH excluding ortho intramolecular Hbond substituents is 2. The number of carbonyl (C=O) groups excluding carboxylic acids is 1. The molecule has 164 valence electrons. The van der Waals surface area contributed by atoms with Crippen molar-refractivity contribution in [1.29, 1.82) is 0 Å². The van der Waals surface area contributed by atoms with Crippen LogP contribution in [0.5, 0.6) is 11.5 Å². The van der Waals surface area contributed by atoms with Crippen molar-refractivity contribution in [2.75, 3.05) is 21.3 Å². The lowest BCUT2D eigenvalue weighted by Gasteiger charge is -2.12. The maximum Gasteiger partial charge on any atom is 0.233 e. The number of nitrogens with one attached hydrogen (secondary N) is 4. The minimum atomic E-state index is -0.0388. The molecule has 0 fully saturated rings. The number of aromatic nitrogens is 3. The number of aromatic hydroxyl groups is 2. The van der Waals surface area contributed by atoms with E-state index in [1.165, 1.54) is 0 Å². The van der Waals surface area contributed by atoms with Crippen LogP contribution in [0, 0.1) is 0 Å². The first-order valence-electron chi connectivity index (χ1n) is 10.1. The molecule has 0 aliphatic carbocycles. The highest BCUT2D eigenvalue weighted by Gasteiger charge is 2.18. The molecule has 3 aromatic carbocycles. The maximum atomic E-state index is 11.6. The highest BCUT2D eigenvalue weighted by Crippen LogP contribution is 2.28. The molecule has 10 heteroatoms. The predicted molar refractivity (Wildman–Crippen MR) is 125 cm³/mol. The van der Waals surface area contributed by atoms with Crippen molar-refractivity contribution < 1.29 is 15.0 Å². The van der Waals surface area contributed by atoms with Gasteiger partial charge in [0.05, 0.1) is 6.42 Å². The molecule has 0 radical (unpaired) electrons. The molecular formula is C23H19N7O3. The Balaban J connectivity index is 1.45. The monoisotopic (exact) mass is 441 g/mol. The number of carbonyl (C=O) groups is 1. The molecule has 1 amide bonds. The molecule has 2 heterocycles. The van der Waals surface area contributed by atoms with Gasteiger partial charge in [-0.1, -0.05) is 6.07 Å². The smallest absolute Gasteiger partial charge is 0.233 e. The van der Waals surface area contributed by atoms with E-state index in [0.717, 1.165) is 11.3 Å². The van der Waals surface area contributed by atoms with E-state index in [-0.39, 0.29) is 35.3 Å². The quantitative estimate of drug-likeness (QED) is 0.244. The van der Waals surface area contributed by atoms with Gasteiger partial charge in [-0.05, 0) is 66.2 Å². The van der Waals surface area contributed by atoms with E-state index in [1.54, 1.807) is 48.5 Å². The van der Waals surface area contributed by atoms with Crippen molar-refractivity contribution >= 4 is 46.5 Å². The average Bonchev–Trinajstić information content (AvgIpc) is 3.16. The van der Waals surface area contributed by atoms with Crippen LogP contribution in [0.2, 0.25) is 0 Å². The summed E-state index contributed by atoms with van der Waals surface area (Å²) in [6, 6.07) is 18.5. The van der Waals surface area contributed by atoms with Gasteiger partial charge in [0.1, 0.15) is 11.5 Å². The van der Waals surface area contributed by atoms with Gasteiger partial charge in [-0.15, -0.1) is 0 Å². The Labute approximate surface area is 188 Å². The van der Waals surface area contributed by atoms with Gasteiger partial charge in [0.25, 0.3) is 0 Å². The van der Waals surface area contributed by atoms with E-state index in [9.17, 15) is 15.0 Å². The number of rotatable bonds is 6. The minimum absolute atomic E-state index is 0.0388. The number of benzene rings is 3. The maximum absolute atomic E-state index is 11.6. The van der Waals surface area contributed by atoms with Gasteiger partial charge < -0.3 is 31.5 Å². The predicted octanol–water partition coefficient (Wildman–Crippen LogP) is 4.01.